The predicted octanol–water partition coefficient (Wildman–Crippen LogP) is 4.09. The summed E-state index contributed by atoms with van der Waals surface area (Å²) in [5.74, 6) is 0.516. The number of nitrogens with one attached hydrogen (secondary N) is 2. The quantitative estimate of drug-likeness (QED) is 0.279. The van der Waals surface area contributed by atoms with E-state index in [1.165, 1.54) is 0 Å². The van der Waals surface area contributed by atoms with E-state index in [2.05, 4.69) is 44.8 Å². The van der Waals surface area contributed by atoms with Gasteiger partial charge in [-0.25, -0.2) is 10.4 Å². The molecule has 1 saturated heterocycles. The van der Waals surface area contributed by atoms with Crippen LogP contribution >= 0.6 is 11.3 Å². The number of hydrazone groups is 1. The summed E-state index contributed by atoms with van der Waals surface area (Å²) in [6, 6.07) is 13.6. The Bertz CT molecular complexity index is 1370. The maximum Gasteiger partial charge on any atom is 0.273 e. The van der Waals surface area contributed by atoms with Gasteiger partial charge < -0.3 is 19.4 Å². The summed E-state index contributed by atoms with van der Waals surface area (Å²) in [6.45, 7) is 5.31. The molecule has 2 aromatic carbocycles. The Morgan fingerprint density at radius 1 is 1.33 bits per heavy atom. The van der Waals surface area contributed by atoms with Crippen LogP contribution in [0.15, 0.2) is 59.1 Å². The molecule has 186 valence electrons. The van der Waals surface area contributed by atoms with Crippen LogP contribution in [-0.4, -0.2) is 54.6 Å². The number of carbonyl (C=O) groups is 1. The molecular formula is C27H29N5O3S. The molecule has 1 fully saturated rings. The zero-order valence-electron chi connectivity index (χ0n) is 20.4. The van der Waals surface area contributed by atoms with Crippen molar-refractivity contribution < 1.29 is 14.3 Å². The maximum absolute atomic E-state index is 13.1. The smallest absolute Gasteiger partial charge is 0.273 e. The van der Waals surface area contributed by atoms with Crippen LogP contribution in [0.2, 0.25) is 0 Å². The van der Waals surface area contributed by atoms with E-state index in [1.54, 1.807) is 24.7 Å². The summed E-state index contributed by atoms with van der Waals surface area (Å²) in [6.07, 6.45) is 4.44. The van der Waals surface area contributed by atoms with Crippen molar-refractivity contribution >= 4 is 34.4 Å². The monoisotopic (exact) mass is 503 g/mol. The minimum absolute atomic E-state index is 0.156. The summed E-state index contributed by atoms with van der Waals surface area (Å²) in [4.78, 5) is 17.9. The molecule has 9 heteroatoms. The first kappa shape index (κ1) is 24.2. The number of hydrogen-bond donors (Lipinski definition) is 2. The molecule has 36 heavy (non-hydrogen) atoms. The van der Waals surface area contributed by atoms with Crippen molar-refractivity contribution in [2.24, 2.45) is 5.10 Å². The lowest BCUT2D eigenvalue weighted by Crippen LogP contribution is -2.39. The van der Waals surface area contributed by atoms with Gasteiger partial charge in [-0.15, -0.1) is 11.3 Å². The molecule has 2 N–H and O–H groups in total. The topological polar surface area (TPSA) is 89.8 Å². The molecule has 5 rings (SSSR count). The van der Waals surface area contributed by atoms with Crippen LogP contribution in [0.1, 0.15) is 28.5 Å². The summed E-state index contributed by atoms with van der Waals surface area (Å²) in [7, 11) is 1.62. The molecule has 1 aliphatic rings. The second-order valence-electron chi connectivity index (χ2n) is 8.58. The van der Waals surface area contributed by atoms with E-state index >= 15 is 0 Å². The molecule has 3 heterocycles. The van der Waals surface area contributed by atoms with Crippen molar-refractivity contribution in [2.75, 3.05) is 26.8 Å². The minimum Gasteiger partial charge on any atom is -0.497 e. The van der Waals surface area contributed by atoms with Crippen LogP contribution in [0.4, 0.5) is 0 Å². The van der Waals surface area contributed by atoms with Gasteiger partial charge in [-0.3, -0.25) is 4.79 Å². The number of aryl methyl sites for hydroxylation is 1. The highest BCUT2D eigenvalue weighted by molar-refractivity contribution is 7.13. The van der Waals surface area contributed by atoms with Crippen molar-refractivity contribution in [1.29, 1.82) is 0 Å². The van der Waals surface area contributed by atoms with Gasteiger partial charge in [0.15, 0.2) is 0 Å². The Morgan fingerprint density at radius 3 is 2.94 bits per heavy atom. The van der Waals surface area contributed by atoms with Gasteiger partial charge >= 0.3 is 0 Å². The van der Waals surface area contributed by atoms with Crippen molar-refractivity contribution in [2.45, 2.75) is 26.0 Å². The number of amides is 1. The predicted molar refractivity (Wildman–Crippen MR) is 143 cm³/mol. The van der Waals surface area contributed by atoms with Crippen LogP contribution in [0, 0.1) is 0 Å². The van der Waals surface area contributed by atoms with Gasteiger partial charge in [-0.1, -0.05) is 0 Å². The second kappa shape index (κ2) is 11.0. The molecule has 8 nitrogen and oxygen atoms in total. The summed E-state index contributed by atoms with van der Waals surface area (Å²) >= 11 is 1.61. The number of morpholine rings is 1. The number of ether oxygens (including phenoxy) is 2. The van der Waals surface area contributed by atoms with Crippen LogP contribution in [0.25, 0.3) is 21.5 Å². The third-order valence-corrected chi connectivity index (χ3v) is 7.14. The molecule has 0 aliphatic carbocycles. The number of hydrogen-bond acceptors (Lipinski definition) is 7. The van der Waals surface area contributed by atoms with Gasteiger partial charge in [-0.05, 0) is 55.0 Å². The lowest BCUT2D eigenvalue weighted by atomic mass is 10.1. The zero-order valence-corrected chi connectivity index (χ0v) is 21.2. The molecular weight excluding hydrogens is 474 g/mol. The van der Waals surface area contributed by atoms with Gasteiger partial charge in [-0.2, -0.15) is 5.10 Å². The molecule has 0 saturated carbocycles. The fourth-order valence-electron chi connectivity index (χ4n) is 4.31. The van der Waals surface area contributed by atoms with Crippen molar-refractivity contribution in [3.63, 3.8) is 0 Å². The first-order valence-electron chi connectivity index (χ1n) is 12.0. The Labute approximate surface area is 214 Å². The first-order valence-corrected chi connectivity index (χ1v) is 12.9. The van der Waals surface area contributed by atoms with Crippen molar-refractivity contribution in [3.05, 3.63) is 70.9 Å². The highest BCUT2D eigenvalue weighted by atomic mass is 32.1. The van der Waals surface area contributed by atoms with Gasteiger partial charge in [0.25, 0.3) is 5.91 Å². The Kier molecular flexibility index (Phi) is 7.41. The van der Waals surface area contributed by atoms with Crippen LogP contribution in [0.5, 0.6) is 5.75 Å². The molecule has 0 bridgehead atoms. The maximum atomic E-state index is 13.1. The number of carbonyl (C=O) groups excluding carboxylic acids is 1. The molecule has 2 aromatic heterocycles. The number of thiazole rings is 1. The molecule has 0 spiro atoms. The van der Waals surface area contributed by atoms with E-state index < -0.39 is 0 Å². The number of nitrogens with zero attached hydrogens (tertiary/aromatic N) is 3. The Morgan fingerprint density at radius 2 is 2.19 bits per heavy atom. The SMILES string of the molecule is CCn1cc(C(=O)N/N=C/c2ccc(OC)cc2)c2cc(-c3nc(CC4CNCCO4)cs3)ccc21. The van der Waals surface area contributed by atoms with E-state index in [0.29, 0.717) is 5.56 Å². The highest BCUT2D eigenvalue weighted by Gasteiger charge is 2.18. The molecule has 1 aliphatic heterocycles. The van der Waals surface area contributed by atoms with Crippen molar-refractivity contribution in [1.82, 2.24) is 20.3 Å². The standard InChI is InChI=1S/C27H29N5O3S/c1-3-32-16-24(26(33)31-29-14-18-4-7-21(34-2)8-5-18)23-12-19(6-9-25(23)32)27-30-20(17-36-27)13-22-15-28-10-11-35-22/h4-9,12,14,16-17,22,28H,3,10-11,13,15H2,1-2H3,(H,31,33)/b29-14+. The third kappa shape index (κ3) is 5.33. The average molecular weight is 504 g/mol. The largest absolute Gasteiger partial charge is 0.497 e. The molecule has 0 radical (unpaired) electrons. The molecule has 1 unspecified atom stereocenters. The van der Waals surface area contributed by atoms with Crippen molar-refractivity contribution in [3.8, 4) is 16.3 Å². The fourth-order valence-corrected chi connectivity index (χ4v) is 5.14. The normalized spacial score (nSPS) is 16.0. The van der Waals surface area contributed by atoms with E-state index in [9.17, 15) is 4.79 Å². The second-order valence-corrected chi connectivity index (χ2v) is 9.44. The van der Waals surface area contributed by atoms with Gasteiger partial charge in [0, 0.05) is 54.1 Å². The Hall–Kier alpha value is -3.53. The highest BCUT2D eigenvalue weighted by Crippen LogP contribution is 2.30. The molecule has 4 aromatic rings. The summed E-state index contributed by atoms with van der Waals surface area (Å²) < 4.78 is 13.1. The first-order chi connectivity index (χ1) is 17.6. The van der Waals surface area contributed by atoms with Gasteiger partial charge in [0.2, 0.25) is 0 Å². The number of methoxy groups -OCH3 is 1. The number of rotatable bonds is 8. The Balaban J connectivity index is 1.35. The van der Waals surface area contributed by atoms with E-state index in [1.807, 2.05) is 36.5 Å². The van der Waals surface area contributed by atoms with Gasteiger partial charge in [0.05, 0.1) is 37.3 Å². The number of benzene rings is 2. The summed E-state index contributed by atoms with van der Waals surface area (Å²) in [5, 5.41) is 11.4. The van der Waals surface area contributed by atoms with Gasteiger partial charge in [0.1, 0.15) is 10.8 Å². The van der Waals surface area contributed by atoms with Crippen LogP contribution in [-0.2, 0) is 17.7 Å². The lowest BCUT2D eigenvalue weighted by Gasteiger charge is -2.22. The number of aromatic nitrogens is 2. The average Bonchev–Trinajstić information content (AvgIpc) is 3.54. The van der Waals surface area contributed by atoms with Crippen LogP contribution < -0.4 is 15.5 Å². The lowest BCUT2D eigenvalue weighted by molar-refractivity contribution is 0.0287. The fraction of sp³-hybridized carbons (Fsp3) is 0.296. The number of fused-ring (bicyclic) bond motifs is 1. The third-order valence-electron chi connectivity index (χ3n) is 6.20. The van der Waals surface area contributed by atoms with E-state index in [-0.39, 0.29) is 12.0 Å². The zero-order chi connectivity index (χ0) is 24.9. The summed E-state index contributed by atoms with van der Waals surface area (Å²) in [5.41, 5.74) is 7.14. The molecule has 1 atom stereocenters. The minimum atomic E-state index is -0.254. The van der Waals surface area contributed by atoms with E-state index in [4.69, 9.17) is 14.5 Å². The molecule has 1 amide bonds. The van der Waals surface area contributed by atoms with E-state index in [0.717, 1.165) is 71.1 Å². The van der Waals surface area contributed by atoms with Crippen LogP contribution in [0.3, 0.4) is 0 Å².